The van der Waals surface area contributed by atoms with Gasteiger partial charge in [-0.1, -0.05) is 41.4 Å². The van der Waals surface area contributed by atoms with Crippen LogP contribution in [0.2, 0.25) is 10.0 Å². The van der Waals surface area contributed by atoms with Crippen LogP contribution in [0.5, 0.6) is 5.75 Å². The van der Waals surface area contributed by atoms with E-state index in [9.17, 15) is 9.59 Å². The number of benzene rings is 2. The molecule has 3 rings (SSSR count). The predicted octanol–water partition coefficient (Wildman–Crippen LogP) is 5.63. The maximum absolute atomic E-state index is 12.7. The number of nitrogens with zero attached hydrogens (tertiary/aromatic N) is 1. The first-order chi connectivity index (χ1) is 12.0. The molecule has 25 heavy (non-hydrogen) atoms. The summed E-state index contributed by atoms with van der Waals surface area (Å²) in [5.41, 5.74) is 1.05. The van der Waals surface area contributed by atoms with E-state index in [0.717, 1.165) is 16.7 Å². The fraction of sp³-hybridized carbons (Fsp3) is 0.111. The van der Waals surface area contributed by atoms with E-state index in [1.165, 1.54) is 0 Å². The number of anilines is 1. The Bertz CT molecular complexity index is 882. The lowest BCUT2D eigenvalue weighted by molar-refractivity contribution is -0.113. The molecule has 4 nitrogen and oxygen atoms in total. The Labute approximate surface area is 159 Å². The minimum Gasteiger partial charge on any atom is -0.492 e. The number of amides is 2. The molecule has 1 aliphatic heterocycles. The summed E-state index contributed by atoms with van der Waals surface area (Å²) in [6.45, 7) is 2.27. The monoisotopic (exact) mass is 393 g/mol. The van der Waals surface area contributed by atoms with E-state index < -0.39 is 5.91 Å². The zero-order valence-corrected chi connectivity index (χ0v) is 15.5. The number of rotatable bonds is 4. The molecule has 0 spiro atoms. The number of thioether (sulfide) groups is 1. The zero-order valence-electron chi connectivity index (χ0n) is 13.2. The summed E-state index contributed by atoms with van der Waals surface area (Å²) in [6.07, 6.45) is 1.59. The third-order valence-electron chi connectivity index (χ3n) is 3.45. The van der Waals surface area contributed by atoms with Gasteiger partial charge in [-0.2, -0.15) is 0 Å². The lowest BCUT2D eigenvalue weighted by Gasteiger charge is -2.16. The van der Waals surface area contributed by atoms with Crippen LogP contribution in [-0.2, 0) is 4.79 Å². The largest absolute Gasteiger partial charge is 0.492 e. The van der Waals surface area contributed by atoms with E-state index in [1.54, 1.807) is 48.5 Å². The second kappa shape index (κ2) is 7.52. The number of halogens is 2. The van der Waals surface area contributed by atoms with E-state index in [2.05, 4.69) is 0 Å². The van der Waals surface area contributed by atoms with Gasteiger partial charge in [0.05, 0.1) is 17.2 Å². The summed E-state index contributed by atoms with van der Waals surface area (Å²) in [5, 5.41) is 0.531. The van der Waals surface area contributed by atoms with Crippen molar-refractivity contribution in [2.45, 2.75) is 6.92 Å². The minimum atomic E-state index is -0.409. The number of carbonyl (C=O) groups excluding carboxylic acids is 2. The normalized spacial score (nSPS) is 16.0. The van der Waals surface area contributed by atoms with E-state index >= 15 is 0 Å². The molecule has 0 unspecified atom stereocenters. The molecule has 2 amide bonds. The molecule has 0 bridgehead atoms. The van der Waals surface area contributed by atoms with E-state index in [1.807, 2.05) is 6.92 Å². The molecule has 1 heterocycles. The van der Waals surface area contributed by atoms with Crippen molar-refractivity contribution in [2.24, 2.45) is 0 Å². The highest BCUT2D eigenvalue weighted by molar-refractivity contribution is 8.19. The average molecular weight is 394 g/mol. The van der Waals surface area contributed by atoms with Crippen molar-refractivity contribution in [3.8, 4) is 5.75 Å². The molecule has 128 valence electrons. The number of ether oxygens (including phenoxy) is 1. The lowest BCUT2D eigenvalue weighted by Crippen LogP contribution is -2.28. The Morgan fingerprint density at radius 3 is 2.64 bits per heavy atom. The number of imide groups is 1. The second-order valence-corrected chi connectivity index (χ2v) is 6.92. The molecule has 2 aromatic rings. The molecule has 0 aromatic heterocycles. The maximum atomic E-state index is 12.7. The average Bonchev–Trinajstić information content (AvgIpc) is 2.85. The standard InChI is InChI=1S/C18H13Cl2NO3S/c1-2-24-15-6-4-3-5-14(15)21-17(22)16(25-18(21)23)9-11-7-8-12(19)10-13(11)20/h3-10H,2H2,1H3/b16-9-. The molecular formula is C18H13Cl2NO3S. The third-order valence-corrected chi connectivity index (χ3v) is 4.88. The first-order valence-electron chi connectivity index (χ1n) is 7.46. The molecule has 0 aliphatic carbocycles. The molecular weight excluding hydrogens is 381 g/mol. The zero-order chi connectivity index (χ0) is 18.0. The van der Waals surface area contributed by atoms with Crippen molar-refractivity contribution in [1.29, 1.82) is 0 Å². The van der Waals surface area contributed by atoms with E-state index in [0.29, 0.717) is 38.6 Å². The van der Waals surface area contributed by atoms with Gasteiger partial charge < -0.3 is 4.74 Å². The summed E-state index contributed by atoms with van der Waals surface area (Å²) >= 11 is 12.9. The molecule has 0 atom stereocenters. The fourth-order valence-corrected chi connectivity index (χ4v) is 3.64. The van der Waals surface area contributed by atoms with E-state index in [-0.39, 0.29) is 5.24 Å². The molecule has 0 saturated carbocycles. The van der Waals surface area contributed by atoms with Crippen molar-refractivity contribution in [3.05, 3.63) is 63.0 Å². The summed E-state index contributed by atoms with van der Waals surface area (Å²) in [4.78, 5) is 26.6. The molecule has 2 aromatic carbocycles. The van der Waals surface area contributed by atoms with Gasteiger partial charge in [-0.3, -0.25) is 9.59 Å². The lowest BCUT2D eigenvalue weighted by atomic mass is 10.2. The van der Waals surface area contributed by atoms with Crippen molar-refractivity contribution >= 4 is 57.9 Å². The topological polar surface area (TPSA) is 46.6 Å². The summed E-state index contributed by atoms with van der Waals surface area (Å²) in [7, 11) is 0. The quantitative estimate of drug-likeness (QED) is 0.631. The number of hydrogen-bond donors (Lipinski definition) is 0. The van der Waals surface area contributed by atoms with E-state index in [4.69, 9.17) is 27.9 Å². The Balaban J connectivity index is 1.97. The van der Waals surface area contributed by atoms with Gasteiger partial charge in [0, 0.05) is 10.0 Å². The Kier molecular flexibility index (Phi) is 5.37. The van der Waals surface area contributed by atoms with Gasteiger partial charge in [-0.25, -0.2) is 4.90 Å². The first kappa shape index (κ1) is 17.9. The molecule has 7 heteroatoms. The highest BCUT2D eigenvalue weighted by atomic mass is 35.5. The van der Waals surface area contributed by atoms with Crippen LogP contribution in [-0.4, -0.2) is 17.8 Å². The molecule has 0 N–H and O–H groups in total. The second-order valence-electron chi connectivity index (χ2n) is 5.08. The number of para-hydroxylation sites is 2. The van der Waals surface area contributed by atoms with Gasteiger partial charge in [0.15, 0.2) is 0 Å². The van der Waals surface area contributed by atoms with Crippen LogP contribution in [0.1, 0.15) is 12.5 Å². The van der Waals surface area contributed by atoms with Gasteiger partial charge in [0.2, 0.25) is 0 Å². The Hall–Kier alpha value is -1.95. The van der Waals surface area contributed by atoms with Crippen LogP contribution in [0, 0.1) is 0 Å². The van der Waals surface area contributed by atoms with Crippen LogP contribution in [0.25, 0.3) is 6.08 Å². The fourth-order valence-electron chi connectivity index (χ4n) is 2.35. The SMILES string of the molecule is CCOc1ccccc1N1C(=O)S/C(=C\c2ccc(Cl)cc2Cl)C1=O. The van der Waals surface area contributed by atoms with Gasteiger partial charge in [0.1, 0.15) is 5.75 Å². The minimum absolute atomic E-state index is 0.292. The summed E-state index contributed by atoms with van der Waals surface area (Å²) in [5.74, 6) is 0.0752. The van der Waals surface area contributed by atoms with Gasteiger partial charge in [-0.15, -0.1) is 0 Å². The summed E-state index contributed by atoms with van der Waals surface area (Å²) in [6, 6.07) is 11.9. The van der Waals surface area contributed by atoms with Crippen LogP contribution in [0.3, 0.4) is 0 Å². The molecule has 0 radical (unpaired) electrons. The van der Waals surface area contributed by atoms with Crippen LogP contribution < -0.4 is 9.64 Å². The molecule has 1 saturated heterocycles. The van der Waals surface area contributed by atoms with Gasteiger partial charge >= 0.3 is 0 Å². The van der Waals surface area contributed by atoms with Crippen LogP contribution in [0.4, 0.5) is 10.5 Å². The van der Waals surface area contributed by atoms with Crippen molar-refractivity contribution < 1.29 is 14.3 Å². The van der Waals surface area contributed by atoms with Crippen molar-refractivity contribution in [3.63, 3.8) is 0 Å². The third kappa shape index (κ3) is 3.68. The van der Waals surface area contributed by atoms with Crippen molar-refractivity contribution in [1.82, 2.24) is 0 Å². The Morgan fingerprint density at radius 1 is 1.16 bits per heavy atom. The first-order valence-corrected chi connectivity index (χ1v) is 9.03. The number of hydrogen-bond acceptors (Lipinski definition) is 4. The van der Waals surface area contributed by atoms with Crippen LogP contribution >= 0.6 is 35.0 Å². The maximum Gasteiger partial charge on any atom is 0.298 e. The molecule has 1 fully saturated rings. The Morgan fingerprint density at radius 2 is 1.92 bits per heavy atom. The highest BCUT2D eigenvalue weighted by Crippen LogP contribution is 2.40. The number of carbonyl (C=O) groups is 2. The van der Waals surface area contributed by atoms with Gasteiger partial charge in [-0.05, 0) is 54.6 Å². The summed E-state index contributed by atoms with van der Waals surface area (Å²) < 4.78 is 5.52. The van der Waals surface area contributed by atoms with Crippen LogP contribution in [0.15, 0.2) is 47.4 Å². The van der Waals surface area contributed by atoms with Gasteiger partial charge in [0.25, 0.3) is 11.1 Å². The smallest absolute Gasteiger partial charge is 0.298 e. The predicted molar refractivity (Wildman–Crippen MR) is 103 cm³/mol. The van der Waals surface area contributed by atoms with Crippen molar-refractivity contribution in [2.75, 3.05) is 11.5 Å². The molecule has 1 aliphatic rings. The highest BCUT2D eigenvalue weighted by Gasteiger charge is 2.37.